The number of aromatic amines is 1. The first-order valence-corrected chi connectivity index (χ1v) is 14.2. The molecule has 0 spiro atoms. The summed E-state index contributed by atoms with van der Waals surface area (Å²) in [6.07, 6.45) is 1.42. The van der Waals surface area contributed by atoms with E-state index in [1.807, 2.05) is 57.2 Å². The first-order valence-electron chi connectivity index (χ1n) is 13.8. The Hall–Kier alpha value is -5.08. The lowest BCUT2D eigenvalue weighted by Crippen LogP contribution is -2.19. The smallest absolute Gasteiger partial charge is 0.343 e. The average Bonchev–Trinajstić information content (AvgIpc) is 3.38. The fourth-order valence-corrected chi connectivity index (χ4v) is 4.88. The Morgan fingerprint density at radius 2 is 1.63 bits per heavy atom. The van der Waals surface area contributed by atoms with E-state index in [2.05, 4.69) is 15.5 Å². The highest BCUT2D eigenvalue weighted by Crippen LogP contribution is 2.37. The maximum absolute atomic E-state index is 13.4. The molecule has 0 atom stereocenters. The molecule has 1 aromatic heterocycles. The zero-order valence-electron chi connectivity index (χ0n) is 23.9. The number of benzene rings is 4. The summed E-state index contributed by atoms with van der Waals surface area (Å²) >= 11 is 6.54. The highest BCUT2D eigenvalue weighted by molar-refractivity contribution is 6.34. The van der Waals surface area contributed by atoms with Gasteiger partial charge in [0.1, 0.15) is 11.4 Å². The van der Waals surface area contributed by atoms with Crippen molar-refractivity contribution < 1.29 is 23.8 Å². The molecule has 2 N–H and O–H groups in total. The standard InChI is InChI=1S/C34H30ClN3O5/c1-4-41-29-17-15-22(19-30(29)42-5-2)34(40)43-28-13-9-6-10-23(28)20-36-38-33(39)32-31(24-11-7-8-12-26(24)35)25-18-21(3)14-16-27(25)37-32/h6-20,37H,4-5H2,1-3H3,(H,38,39). The van der Waals surface area contributed by atoms with Gasteiger partial charge in [-0.2, -0.15) is 5.10 Å². The van der Waals surface area contributed by atoms with Crippen LogP contribution in [0.3, 0.4) is 0 Å². The van der Waals surface area contributed by atoms with Crippen molar-refractivity contribution in [3.63, 3.8) is 0 Å². The highest BCUT2D eigenvalue weighted by atomic mass is 35.5. The fraction of sp³-hybridized carbons (Fsp3) is 0.147. The van der Waals surface area contributed by atoms with Gasteiger partial charge in [-0.25, -0.2) is 10.2 Å². The fourth-order valence-electron chi connectivity index (χ4n) is 4.65. The number of halogens is 1. The van der Waals surface area contributed by atoms with Crippen LogP contribution in [-0.2, 0) is 0 Å². The predicted molar refractivity (Wildman–Crippen MR) is 169 cm³/mol. The Morgan fingerprint density at radius 3 is 2.42 bits per heavy atom. The molecule has 0 unspecified atom stereocenters. The number of carbonyl (C=O) groups is 2. The van der Waals surface area contributed by atoms with Crippen molar-refractivity contribution in [2.24, 2.45) is 5.10 Å². The summed E-state index contributed by atoms with van der Waals surface area (Å²) in [5.74, 6) is 0.251. The van der Waals surface area contributed by atoms with Gasteiger partial charge in [0.05, 0.1) is 25.0 Å². The molecule has 1 heterocycles. The second-order valence-corrected chi connectivity index (χ2v) is 9.97. The average molecular weight is 596 g/mol. The second kappa shape index (κ2) is 13.3. The first-order chi connectivity index (χ1) is 20.9. The number of ether oxygens (including phenoxy) is 3. The molecule has 5 aromatic rings. The van der Waals surface area contributed by atoms with Crippen molar-refractivity contribution in [2.45, 2.75) is 20.8 Å². The lowest BCUT2D eigenvalue weighted by atomic mass is 10.0. The van der Waals surface area contributed by atoms with Gasteiger partial charge < -0.3 is 19.2 Å². The van der Waals surface area contributed by atoms with Gasteiger partial charge in [-0.15, -0.1) is 0 Å². The Morgan fingerprint density at radius 1 is 0.884 bits per heavy atom. The van der Waals surface area contributed by atoms with Crippen LogP contribution in [-0.4, -0.2) is 36.3 Å². The van der Waals surface area contributed by atoms with Crippen molar-refractivity contribution in [3.05, 3.63) is 112 Å². The van der Waals surface area contributed by atoms with Crippen LogP contribution in [0, 0.1) is 6.92 Å². The lowest BCUT2D eigenvalue weighted by Gasteiger charge is -2.12. The number of carbonyl (C=O) groups excluding carboxylic acids is 2. The summed E-state index contributed by atoms with van der Waals surface area (Å²) < 4.78 is 16.9. The molecule has 218 valence electrons. The SMILES string of the molecule is CCOc1ccc(C(=O)Oc2ccccc2C=NNC(=O)c2[nH]c3ccc(C)cc3c2-c2ccccc2Cl)cc1OCC. The third-order valence-corrected chi connectivity index (χ3v) is 6.92. The number of H-pyrrole nitrogens is 1. The number of nitrogens with zero attached hydrogens (tertiary/aromatic N) is 1. The molecule has 0 aliphatic rings. The number of para-hydroxylation sites is 1. The number of hydrogen-bond donors (Lipinski definition) is 2. The molecule has 0 bridgehead atoms. The molecule has 8 nitrogen and oxygen atoms in total. The van der Waals surface area contributed by atoms with E-state index in [4.69, 9.17) is 25.8 Å². The van der Waals surface area contributed by atoms with E-state index in [-0.39, 0.29) is 5.75 Å². The molecule has 0 saturated carbocycles. The van der Waals surface area contributed by atoms with Crippen LogP contribution in [0.15, 0.2) is 90.0 Å². The number of aryl methyl sites for hydroxylation is 1. The van der Waals surface area contributed by atoms with Crippen molar-refractivity contribution >= 4 is 40.6 Å². The maximum atomic E-state index is 13.4. The van der Waals surface area contributed by atoms with Gasteiger partial charge in [0.15, 0.2) is 11.5 Å². The zero-order valence-corrected chi connectivity index (χ0v) is 24.7. The van der Waals surface area contributed by atoms with E-state index in [1.165, 1.54) is 6.21 Å². The lowest BCUT2D eigenvalue weighted by molar-refractivity contribution is 0.0733. The normalized spacial score (nSPS) is 11.1. The predicted octanol–water partition coefficient (Wildman–Crippen LogP) is 7.58. The molecular weight excluding hydrogens is 566 g/mol. The van der Waals surface area contributed by atoms with Crippen molar-refractivity contribution in [1.82, 2.24) is 10.4 Å². The van der Waals surface area contributed by atoms with Crippen LogP contribution < -0.4 is 19.6 Å². The summed E-state index contributed by atoms with van der Waals surface area (Å²) in [5, 5.41) is 5.57. The monoisotopic (exact) mass is 595 g/mol. The molecule has 4 aromatic carbocycles. The van der Waals surface area contributed by atoms with E-state index in [1.54, 1.807) is 48.5 Å². The van der Waals surface area contributed by atoms with E-state index >= 15 is 0 Å². The van der Waals surface area contributed by atoms with Crippen LogP contribution in [0.2, 0.25) is 5.02 Å². The molecule has 43 heavy (non-hydrogen) atoms. The number of hydrazone groups is 1. The third kappa shape index (κ3) is 6.55. The van der Waals surface area contributed by atoms with E-state index < -0.39 is 11.9 Å². The summed E-state index contributed by atoms with van der Waals surface area (Å²) in [5.41, 5.74) is 6.98. The largest absolute Gasteiger partial charge is 0.490 e. The number of fused-ring (bicyclic) bond motifs is 1. The molecular formula is C34H30ClN3O5. The number of esters is 1. The molecule has 0 aliphatic heterocycles. The van der Waals surface area contributed by atoms with Gasteiger partial charge >= 0.3 is 5.97 Å². The first kappa shape index (κ1) is 29.4. The number of aromatic nitrogens is 1. The van der Waals surface area contributed by atoms with Crippen molar-refractivity contribution in [2.75, 3.05) is 13.2 Å². The summed E-state index contributed by atoms with van der Waals surface area (Å²) in [6, 6.07) is 25.1. The Balaban J connectivity index is 1.37. The van der Waals surface area contributed by atoms with Crippen molar-refractivity contribution in [3.8, 4) is 28.4 Å². The van der Waals surface area contributed by atoms with Gasteiger partial charge in [0.2, 0.25) is 0 Å². The Labute approximate surface area is 254 Å². The molecule has 0 aliphatic carbocycles. The van der Waals surface area contributed by atoms with Crippen LogP contribution >= 0.6 is 11.6 Å². The third-order valence-electron chi connectivity index (χ3n) is 6.59. The highest BCUT2D eigenvalue weighted by Gasteiger charge is 2.21. The quantitative estimate of drug-likeness (QED) is 0.0750. The second-order valence-electron chi connectivity index (χ2n) is 9.56. The van der Waals surface area contributed by atoms with Gasteiger partial charge in [0, 0.05) is 32.6 Å². The zero-order chi connectivity index (χ0) is 30.3. The minimum absolute atomic E-state index is 0.273. The van der Waals surface area contributed by atoms with E-state index in [9.17, 15) is 9.59 Å². The van der Waals surface area contributed by atoms with Gasteiger partial charge in [-0.3, -0.25) is 4.79 Å². The molecule has 1 amide bonds. The maximum Gasteiger partial charge on any atom is 0.343 e. The molecule has 9 heteroatoms. The van der Waals surface area contributed by atoms with Crippen LogP contribution in [0.25, 0.3) is 22.0 Å². The molecule has 0 saturated heterocycles. The number of amides is 1. The van der Waals surface area contributed by atoms with Gasteiger partial charge in [-0.1, -0.05) is 53.6 Å². The minimum Gasteiger partial charge on any atom is -0.490 e. The van der Waals surface area contributed by atoms with Crippen LogP contribution in [0.5, 0.6) is 17.2 Å². The van der Waals surface area contributed by atoms with Gasteiger partial charge in [-0.05, 0) is 69.3 Å². The molecule has 0 fully saturated rings. The van der Waals surface area contributed by atoms with Crippen molar-refractivity contribution in [1.29, 1.82) is 0 Å². The molecule has 5 rings (SSSR count). The van der Waals surface area contributed by atoms with E-state index in [0.717, 1.165) is 22.0 Å². The number of nitrogens with one attached hydrogen (secondary N) is 2. The van der Waals surface area contributed by atoms with E-state index in [0.29, 0.717) is 52.1 Å². The Bertz CT molecular complexity index is 1830. The van der Waals surface area contributed by atoms with Crippen LogP contribution in [0.1, 0.15) is 45.8 Å². The topological polar surface area (TPSA) is 102 Å². The Kier molecular flexibility index (Phi) is 9.08. The van der Waals surface area contributed by atoms with Gasteiger partial charge in [0.25, 0.3) is 5.91 Å². The minimum atomic E-state index is -0.577. The molecule has 0 radical (unpaired) electrons. The number of rotatable bonds is 10. The van der Waals surface area contributed by atoms with Crippen LogP contribution in [0.4, 0.5) is 0 Å². The summed E-state index contributed by atoms with van der Waals surface area (Å²) in [6.45, 7) is 6.60. The summed E-state index contributed by atoms with van der Waals surface area (Å²) in [7, 11) is 0. The summed E-state index contributed by atoms with van der Waals surface area (Å²) in [4.78, 5) is 29.6. The number of hydrogen-bond acceptors (Lipinski definition) is 6.